The van der Waals surface area contributed by atoms with Crippen LogP contribution in [0.4, 0.5) is 5.69 Å². The molecule has 0 saturated heterocycles. The van der Waals surface area contributed by atoms with Crippen molar-refractivity contribution in [1.29, 1.82) is 0 Å². The van der Waals surface area contributed by atoms with Crippen molar-refractivity contribution in [2.75, 3.05) is 12.4 Å². The molecule has 3 aromatic rings. The molecule has 0 radical (unpaired) electrons. The Labute approximate surface area is 185 Å². The average Bonchev–Trinajstić information content (AvgIpc) is 3.28. The quantitative estimate of drug-likeness (QED) is 0.621. The van der Waals surface area contributed by atoms with E-state index in [1.165, 1.54) is 13.3 Å². The van der Waals surface area contributed by atoms with Crippen LogP contribution in [-0.2, 0) is 11.3 Å². The number of rotatable bonds is 6. The minimum absolute atomic E-state index is 0.0246. The summed E-state index contributed by atoms with van der Waals surface area (Å²) in [6, 6.07) is 10.4. The lowest BCUT2D eigenvalue weighted by atomic mass is 10.1. The van der Waals surface area contributed by atoms with Crippen LogP contribution in [-0.4, -0.2) is 34.5 Å². The molecule has 1 aliphatic rings. The van der Waals surface area contributed by atoms with Crippen LogP contribution >= 0.6 is 0 Å². The van der Waals surface area contributed by atoms with Crippen molar-refractivity contribution in [2.45, 2.75) is 45.2 Å². The van der Waals surface area contributed by atoms with Gasteiger partial charge in [-0.15, -0.1) is 0 Å². The molecule has 0 unspecified atom stereocenters. The van der Waals surface area contributed by atoms with Crippen molar-refractivity contribution >= 4 is 28.5 Å². The lowest BCUT2D eigenvalue weighted by Crippen LogP contribution is -2.36. The van der Waals surface area contributed by atoms with Crippen LogP contribution in [0.5, 0.6) is 5.75 Å². The Morgan fingerprint density at radius 3 is 2.72 bits per heavy atom. The highest BCUT2D eigenvalue weighted by atomic mass is 16.5. The van der Waals surface area contributed by atoms with Gasteiger partial charge in [-0.1, -0.05) is 18.9 Å². The van der Waals surface area contributed by atoms with Crippen molar-refractivity contribution < 1.29 is 14.3 Å². The third-order valence-electron chi connectivity index (χ3n) is 5.67. The Morgan fingerprint density at radius 1 is 1.19 bits per heavy atom. The number of aryl methyl sites for hydroxylation is 1. The zero-order valence-corrected chi connectivity index (χ0v) is 18.2. The zero-order valence-electron chi connectivity index (χ0n) is 18.2. The number of carbonyl (C=O) groups is 2. The second-order valence-electron chi connectivity index (χ2n) is 8.06. The van der Waals surface area contributed by atoms with Gasteiger partial charge in [0.2, 0.25) is 11.3 Å². The van der Waals surface area contributed by atoms with Gasteiger partial charge in [0.25, 0.3) is 5.91 Å². The van der Waals surface area contributed by atoms with Crippen molar-refractivity contribution in [3.05, 3.63) is 64.1 Å². The van der Waals surface area contributed by atoms with Crippen LogP contribution in [0.25, 0.3) is 11.0 Å². The molecule has 32 heavy (non-hydrogen) atoms. The van der Waals surface area contributed by atoms with Gasteiger partial charge in [0.1, 0.15) is 23.5 Å². The molecule has 0 bridgehead atoms. The summed E-state index contributed by atoms with van der Waals surface area (Å²) < 4.78 is 6.76. The van der Waals surface area contributed by atoms with Gasteiger partial charge < -0.3 is 19.9 Å². The van der Waals surface area contributed by atoms with Gasteiger partial charge in [-0.2, -0.15) is 0 Å². The minimum Gasteiger partial charge on any atom is -0.497 e. The summed E-state index contributed by atoms with van der Waals surface area (Å²) in [6.45, 7) is 1.79. The van der Waals surface area contributed by atoms with Gasteiger partial charge in [-0.25, -0.2) is 4.98 Å². The van der Waals surface area contributed by atoms with Crippen LogP contribution in [0.15, 0.2) is 47.4 Å². The van der Waals surface area contributed by atoms with Crippen molar-refractivity contribution in [2.24, 2.45) is 0 Å². The van der Waals surface area contributed by atoms with Crippen molar-refractivity contribution in [3.63, 3.8) is 0 Å². The number of aromatic nitrogens is 2. The smallest absolute Gasteiger partial charge is 0.261 e. The first-order valence-corrected chi connectivity index (χ1v) is 10.7. The number of hydrogen-bond acceptors (Lipinski definition) is 5. The molecule has 1 aliphatic carbocycles. The van der Waals surface area contributed by atoms with E-state index in [0.29, 0.717) is 22.5 Å². The maximum atomic E-state index is 13.1. The Kier molecular flexibility index (Phi) is 6.20. The lowest BCUT2D eigenvalue weighted by molar-refractivity contribution is -0.122. The predicted molar refractivity (Wildman–Crippen MR) is 122 cm³/mol. The normalized spacial score (nSPS) is 13.8. The highest BCUT2D eigenvalue weighted by Gasteiger charge is 2.20. The summed E-state index contributed by atoms with van der Waals surface area (Å²) in [4.78, 5) is 43.2. The van der Waals surface area contributed by atoms with Gasteiger partial charge in [0, 0.05) is 29.7 Å². The summed E-state index contributed by atoms with van der Waals surface area (Å²) in [6.07, 6.45) is 5.59. The maximum Gasteiger partial charge on any atom is 0.261 e. The minimum atomic E-state index is -0.560. The summed E-state index contributed by atoms with van der Waals surface area (Å²) in [5.41, 5.74) is 1.12. The van der Waals surface area contributed by atoms with Crippen molar-refractivity contribution in [3.8, 4) is 5.75 Å². The third-order valence-corrected chi connectivity index (χ3v) is 5.67. The Balaban J connectivity index is 1.68. The van der Waals surface area contributed by atoms with E-state index >= 15 is 0 Å². The number of carbonyl (C=O) groups excluding carboxylic acids is 2. The van der Waals surface area contributed by atoms with Crippen LogP contribution in [0, 0.1) is 6.92 Å². The van der Waals surface area contributed by atoms with E-state index in [1.54, 1.807) is 41.0 Å². The molecule has 2 heterocycles. The number of hydrogen-bond donors (Lipinski definition) is 2. The second kappa shape index (κ2) is 9.21. The molecule has 1 fully saturated rings. The third kappa shape index (κ3) is 4.64. The largest absolute Gasteiger partial charge is 0.497 e. The zero-order chi connectivity index (χ0) is 22.7. The SMILES string of the molecule is COc1cccc(NC(=O)c2cn(CC(=O)NC3CCCC3)c3nc(C)ccc3c2=O)c1. The molecule has 8 heteroatoms. The number of nitrogens with one attached hydrogen (secondary N) is 2. The van der Waals surface area contributed by atoms with Crippen LogP contribution in [0.2, 0.25) is 0 Å². The van der Waals surface area contributed by atoms with Gasteiger partial charge in [-0.3, -0.25) is 14.4 Å². The Hall–Kier alpha value is -3.68. The number of fused-ring (bicyclic) bond motifs is 1. The lowest BCUT2D eigenvalue weighted by Gasteiger charge is -2.16. The van der Waals surface area contributed by atoms with Gasteiger partial charge in [0.05, 0.1) is 12.5 Å². The molecule has 1 aromatic carbocycles. The first kappa shape index (κ1) is 21.5. The summed E-state index contributed by atoms with van der Waals surface area (Å²) in [5.74, 6) is -0.137. The highest BCUT2D eigenvalue weighted by molar-refractivity contribution is 6.05. The molecule has 2 aromatic heterocycles. The molecule has 2 N–H and O–H groups in total. The van der Waals surface area contributed by atoms with E-state index < -0.39 is 11.3 Å². The topological polar surface area (TPSA) is 102 Å². The summed E-state index contributed by atoms with van der Waals surface area (Å²) in [7, 11) is 1.54. The number of nitrogens with zero attached hydrogens (tertiary/aromatic N) is 2. The van der Waals surface area contributed by atoms with E-state index in [1.807, 2.05) is 6.92 Å². The number of amides is 2. The molecule has 0 spiro atoms. The molecule has 4 rings (SSSR count). The Morgan fingerprint density at radius 2 is 1.97 bits per heavy atom. The van der Waals surface area contributed by atoms with E-state index in [9.17, 15) is 14.4 Å². The van der Waals surface area contributed by atoms with Gasteiger partial charge in [-0.05, 0) is 44.0 Å². The molecule has 8 nitrogen and oxygen atoms in total. The van der Waals surface area contributed by atoms with Crippen LogP contribution in [0.3, 0.4) is 0 Å². The van der Waals surface area contributed by atoms with Crippen LogP contribution in [0.1, 0.15) is 41.7 Å². The fraction of sp³-hybridized carbons (Fsp3) is 0.333. The maximum absolute atomic E-state index is 13.1. The molecule has 1 saturated carbocycles. The molecule has 166 valence electrons. The van der Waals surface area contributed by atoms with Crippen molar-refractivity contribution in [1.82, 2.24) is 14.9 Å². The van der Waals surface area contributed by atoms with E-state index in [-0.39, 0.29) is 24.1 Å². The summed E-state index contributed by atoms with van der Waals surface area (Å²) in [5, 5.41) is 6.07. The van der Waals surface area contributed by atoms with Crippen LogP contribution < -0.4 is 20.8 Å². The second-order valence-corrected chi connectivity index (χ2v) is 8.06. The fourth-order valence-electron chi connectivity index (χ4n) is 4.04. The first-order valence-electron chi connectivity index (χ1n) is 10.7. The molecule has 2 amide bonds. The monoisotopic (exact) mass is 434 g/mol. The Bertz CT molecular complexity index is 1230. The number of ether oxygens (including phenoxy) is 1. The van der Waals surface area contributed by atoms with E-state index in [2.05, 4.69) is 15.6 Å². The number of benzene rings is 1. The predicted octanol–water partition coefficient (Wildman–Crippen LogP) is 3.02. The molecular formula is C24H26N4O4. The number of methoxy groups -OCH3 is 1. The molecule has 0 atom stereocenters. The highest BCUT2D eigenvalue weighted by Crippen LogP contribution is 2.19. The number of anilines is 1. The number of pyridine rings is 2. The first-order chi connectivity index (χ1) is 15.4. The van der Waals surface area contributed by atoms with E-state index in [4.69, 9.17) is 4.74 Å². The van der Waals surface area contributed by atoms with Gasteiger partial charge >= 0.3 is 0 Å². The molecule has 0 aliphatic heterocycles. The summed E-state index contributed by atoms with van der Waals surface area (Å²) >= 11 is 0. The fourth-order valence-corrected chi connectivity index (χ4v) is 4.04. The standard InChI is InChI=1S/C24H26N4O4/c1-15-10-11-19-22(30)20(24(31)27-17-8-5-9-18(12-17)32-2)13-28(23(19)25-15)14-21(29)26-16-6-3-4-7-16/h5,8-13,16H,3-4,6-7,14H2,1-2H3,(H,26,29)(H,27,31). The average molecular weight is 434 g/mol. The van der Waals surface area contributed by atoms with E-state index in [0.717, 1.165) is 31.4 Å². The van der Waals surface area contributed by atoms with Gasteiger partial charge in [0.15, 0.2) is 0 Å². The molecular weight excluding hydrogens is 408 g/mol.